The Morgan fingerprint density at radius 2 is 1.56 bits per heavy atom. The van der Waals surface area contributed by atoms with E-state index in [0.717, 1.165) is 6.92 Å². The van der Waals surface area contributed by atoms with Crippen molar-refractivity contribution in [3.05, 3.63) is 11.6 Å². The summed E-state index contributed by atoms with van der Waals surface area (Å²) in [5, 5.41) is 0. The summed E-state index contributed by atoms with van der Waals surface area (Å²) in [7, 11) is 0. The van der Waals surface area contributed by atoms with Gasteiger partial charge in [-0.25, -0.2) is 4.79 Å². The topological polar surface area (TPSA) is 43.4 Å². The van der Waals surface area contributed by atoms with E-state index in [0.29, 0.717) is 0 Å². The molecule has 0 aliphatic rings. The maximum absolute atomic E-state index is 12.0. The van der Waals surface area contributed by atoms with Crippen molar-refractivity contribution in [3.63, 3.8) is 0 Å². The third-order valence-corrected chi connectivity index (χ3v) is 1.59. The Bertz CT molecular complexity index is 321. The summed E-state index contributed by atoms with van der Waals surface area (Å²) in [6.07, 6.45) is -4.34. The number of carbonyl (C=O) groups excluding carboxylic acids is 2. The third kappa shape index (κ3) is 4.95. The van der Waals surface area contributed by atoms with Gasteiger partial charge in [-0.3, -0.25) is 4.79 Å². The van der Waals surface area contributed by atoms with E-state index >= 15 is 0 Å². The van der Waals surface area contributed by atoms with Gasteiger partial charge in [0, 0.05) is 11.6 Å². The molecule has 0 aromatic rings. The smallest absolute Gasteiger partial charge is 0.389 e. The summed E-state index contributed by atoms with van der Waals surface area (Å²) < 4.78 is 40.3. The van der Waals surface area contributed by atoms with Crippen LogP contribution in [-0.4, -0.2) is 18.1 Å². The summed E-state index contributed by atoms with van der Waals surface area (Å²) >= 11 is 0. The van der Waals surface area contributed by atoms with Gasteiger partial charge >= 0.3 is 18.1 Å². The van der Waals surface area contributed by atoms with E-state index in [1.54, 1.807) is 0 Å². The molecule has 0 aliphatic carbocycles. The molecule has 92 valence electrons. The lowest BCUT2D eigenvalue weighted by molar-refractivity contribution is -0.162. The molecule has 0 saturated carbocycles. The first-order valence-corrected chi connectivity index (χ1v) is 4.46. The zero-order chi connectivity index (χ0) is 13.1. The maximum atomic E-state index is 12.0. The lowest BCUT2D eigenvalue weighted by atomic mass is 9.97. The number of alkyl halides is 3. The highest BCUT2D eigenvalue weighted by atomic mass is 19.4. The minimum absolute atomic E-state index is 0.254. The number of esters is 2. The molecular formula is C10H13F3O3. The quantitative estimate of drug-likeness (QED) is 0.400. The molecule has 0 N–H and O–H groups in total. The molecule has 0 aliphatic heterocycles. The fraction of sp³-hybridized carbons (Fsp3) is 0.600. The summed E-state index contributed by atoms with van der Waals surface area (Å²) in [6.45, 7) is 5.19. The summed E-state index contributed by atoms with van der Waals surface area (Å²) in [5.74, 6) is -2.18. The molecule has 0 aromatic heterocycles. The second kappa shape index (κ2) is 4.67. The van der Waals surface area contributed by atoms with Crippen LogP contribution in [-0.2, 0) is 14.3 Å². The molecule has 0 bridgehead atoms. The Kier molecular flexibility index (Phi) is 4.28. The van der Waals surface area contributed by atoms with Crippen LogP contribution in [0.1, 0.15) is 27.7 Å². The van der Waals surface area contributed by atoms with Crippen LogP contribution in [0, 0.1) is 5.41 Å². The number of rotatable bonds is 1. The Hall–Kier alpha value is -1.33. The molecule has 16 heavy (non-hydrogen) atoms. The fourth-order valence-electron chi connectivity index (χ4n) is 0.533. The first-order chi connectivity index (χ1) is 6.94. The molecule has 0 radical (unpaired) electrons. The van der Waals surface area contributed by atoms with Crippen molar-refractivity contribution in [3.8, 4) is 0 Å². The SMILES string of the molecule is C/C(=C\C(=O)OC(=O)C(C)(C)C)C(F)(F)F. The highest BCUT2D eigenvalue weighted by Crippen LogP contribution is 2.25. The summed E-state index contributed by atoms with van der Waals surface area (Å²) in [6, 6.07) is 0. The molecule has 0 saturated heterocycles. The second-order valence-electron chi connectivity index (χ2n) is 4.28. The van der Waals surface area contributed by atoms with Crippen LogP contribution in [0.2, 0.25) is 0 Å². The van der Waals surface area contributed by atoms with E-state index < -0.39 is 29.1 Å². The molecule has 0 atom stereocenters. The maximum Gasteiger partial charge on any atom is 0.412 e. The lowest BCUT2D eigenvalue weighted by Gasteiger charge is -2.14. The number of halogens is 3. The van der Waals surface area contributed by atoms with Gasteiger partial charge in [0.1, 0.15) is 0 Å². The summed E-state index contributed by atoms with van der Waals surface area (Å²) in [5.41, 5.74) is -2.05. The largest absolute Gasteiger partial charge is 0.412 e. The molecule has 3 nitrogen and oxygen atoms in total. The van der Waals surface area contributed by atoms with Crippen molar-refractivity contribution in [1.29, 1.82) is 0 Å². The Morgan fingerprint density at radius 1 is 1.12 bits per heavy atom. The number of hydrogen-bond donors (Lipinski definition) is 0. The van der Waals surface area contributed by atoms with Crippen LogP contribution in [0.3, 0.4) is 0 Å². The van der Waals surface area contributed by atoms with Crippen LogP contribution in [0.5, 0.6) is 0 Å². The minimum Gasteiger partial charge on any atom is -0.389 e. The number of ether oxygens (including phenoxy) is 1. The average molecular weight is 238 g/mol. The van der Waals surface area contributed by atoms with E-state index in [1.165, 1.54) is 20.8 Å². The predicted octanol–water partition coefficient (Wildman–Crippen LogP) is 2.61. The molecule has 6 heteroatoms. The molecule has 0 fully saturated rings. The number of hydrogen-bond acceptors (Lipinski definition) is 3. The van der Waals surface area contributed by atoms with Gasteiger partial charge in [0.25, 0.3) is 0 Å². The molecular weight excluding hydrogens is 225 g/mol. The summed E-state index contributed by atoms with van der Waals surface area (Å²) in [4.78, 5) is 22.1. The van der Waals surface area contributed by atoms with Gasteiger partial charge in [-0.2, -0.15) is 13.2 Å². The normalized spacial score (nSPS) is 13.6. The second-order valence-corrected chi connectivity index (χ2v) is 4.28. The monoisotopic (exact) mass is 238 g/mol. The van der Waals surface area contributed by atoms with Crippen molar-refractivity contribution < 1.29 is 27.5 Å². The van der Waals surface area contributed by atoms with E-state index in [2.05, 4.69) is 4.74 Å². The third-order valence-electron chi connectivity index (χ3n) is 1.59. The standard InChI is InChI=1S/C10H13F3O3/c1-6(10(11,12)13)5-7(14)16-8(15)9(2,3)4/h5H,1-4H3/b6-5+. The zero-order valence-electron chi connectivity index (χ0n) is 9.44. The number of carbonyl (C=O) groups is 2. The van der Waals surface area contributed by atoms with Gasteiger partial charge in [-0.1, -0.05) is 0 Å². The fourth-order valence-corrected chi connectivity index (χ4v) is 0.533. The van der Waals surface area contributed by atoms with E-state index in [-0.39, 0.29) is 6.08 Å². The highest BCUT2D eigenvalue weighted by Gasteiger charge is 2.32. The van der Waals surface area contributed by atoms with Crippen molar-refractivity contribution in [2.24, 2.45) is 5.41 Å². The first kappa shape index (κ1) is 14.7. The van der Waals surface area contributed by atoms with Crippen LogP contribution in [0.25, 0.3) is 0 Å². The van der Waals surface area contributed by atoms with Crippen molar-refractivity contribution in [1.82, 2.24) is 0 Å². The van der Waals surface area contributed by atoms with Gasteiger partial charge in [-0.05, 0) is 27.7 Å². The van der Waals surface area contributed by atoms with E-state index in [1.807, 2.05) is 0 Å². The van der Waals surface area contributed by atoms with E-state index in [4.69, 9.17) is 0 Å². The van der Waals surface area contributed by atoms with Crippen molar-refractivity contribution in [2.45, 2.75) is 33.9 Å². The van der Waals surface area contributed by atoms with Gasteiger partial charge in [-0.15, -0.1) is 0 Å². The Balaban J connectivity index is 4.59. The molecule has 0 unspecified atom stereocenters. The lowest BCUT2D eigenvalue weighted by Crippen LogP contribution is -2.25. The Morgan fingerprint density at radius 3 is 1.88 bits per heavy atom. The predicted molar refractivity (Wildman–Crippen MR) is 50.4 cm³/mol. The highest BCUT2D eigenvalue weighted by molar-refractivity contribution is 5.94. The van der Waals surface area contributed by atoms with Crippen LogP contribution >= 0.6 is 0 Å². The van der Waals surface area contributed by atoms with Gasteiger partial charge < -0.3 is 4.74 Å². The average Bonchev–Trinajstić information content (AvgIpc) is 1.99. The van der Waals surface area contributed by atoms with Crippen molar-refractivity contribution in [2.75, 3.05) is 0 Å². The Labute approximate surface area is 91.3 Å². The molecule has 0 aromatic carbocycles. The van der Waals surface area contributed by atoms with Crippen LogP contribution in [0.15, 0.2) is 11.6 Å². The number of allylic oxidation sites excluding steroid dienone is 1. The van der Waals surface area contributed by atoms with Crippen molar-refractivity contribution >= 4 is 11.9 Å². The van der Waals surface area contributed by atoms with Crippen LogP contribution in [0.4, 0.5) is 13.2 Å². The van der Waals surface area contributed by atoms with Gasteiger partial charge in [0.2, 0.25) is 0 Å². The molecule has 0 amide bonds. The van der Waals surface area contributed by atoms with Gasteiger partial charge in [0.15, 0.2) is 0 Å². The first-order valence-electron chi connectivity index (χ1n) is 4.46. The molecule has 0 heterocycles. The zero-order valence-corrected chi connectivity index (χ0v) is 9.44. The van der Waals surface area contributed by atoms with E-state index in [9.17, 15) is 22.8 Å². The molecule has 0 rings (SSSR count). The molecule has 0 spiro atoms. The minimum atomic E-state index is -4.59. The van der Waals surface area contributed by atoms with Crippen LogP contribution < -0.4 is 0 Å². The van der Waals surface area contributed by atoms with Gasteiger partial charge in [0.05, 0.1) is 5.41 Å².